The number of imidazole rings is 1. The minimum Gasteiger partial charge on any atom is -0.382 e. The van der Waals surface area contributed by atoms with Crippen molar-refractivity contribution in [2.45, 2.75) is 58.6 Å². The highest BCUT2D eigenvalue weighted by molar-refractivity contribution is 5.88. The molecule has 1 heterocycles. The maximum absolute atomic E-state index is 12.0. The Bertz CT molecular complexity index is 367. The number of aryl methyl sites for hydroxylation is 1. The zero-order chi connectivity index (χ0) is 12.9. The third kappa shape index (κ3) is 3.16. The second-order valence-electron chi connectivity index (χ2n) is 4.38. The van der Waals surface area contributed by atoms with Crippen molar-refractivity contribution in [1.29, 1.82) is 0 Å². The molecule has 0 aliphatic heterocycles. The second-order valence-corrected chi connectivity index (χ2v) is 4.38. The SMILES string of the molecule is CCCn1ccnc1CC(=O)C(O)(CC)CC. The van der Waals surface area contributed by atoms with Gasteiger partial charge >= 0.3 is 0 Å². The summed E-state index contributed by atoms with van der Waals surface area (Å²) in [4.78, 5) is 16.2. The standard InChI is InChI=1S/C13H22N2O2/c1-4-8-15-9-7-14-12(15)10-11(16)13(17,5-2)6-3/h7,9,17H,4-6,8,10H2,1-3H3. The molecule has 1 rings (SSSR count). The van der Waals surface area contributed by atoms with Gasteiger partial charge in [0.2, 0.25) is 0 Å². The summed E-state index contributed by atoms with van der Waals surface area (Å²) < 4.78 is 1.98. The lowest BCUT2D eigenvalue weighted by atomic mass is 9.90. The fourth-order valence-electron chi connectivity index (χ4n) is 1.90. The molecule has 0 aliphatic rings. The number of hydrogen-bond acceptors (Lipinski definition) is 3. The number of carbonyl (C=O) groups excluding carboxylic acids is 1. The van der Waals surface area contributed by atoms with Crippen LogP contribution >= 0.6 is 0 Å². The number of carbonyl (C=O) groups is 1. The van der Waals surface area contributed by atoms with Crippen molar-refractivity contribution in [3.8, 4) is 0 Å². The summed E-state index contributed by atoms with van der Waals surface area (Å²) in [5.74, 6) is 0.614. The lowest BCUT2D eigenvalue weighted by Gasteiger charge is -2.23. The molecule has 1 aromatic rings. The second kappa shape index (κ2) is 5.96. The molecule has 0 saturated heterocycles. The molecule has 0 saturated carbocycles. The molecule has 1 aromatic heterocycles. The van der Waals surface area contributed by atoms with Gasteiger partial charge in [-0.15, -0.1) is 0 Å². The quantitative estimate of drug-likeness (QED) is 0.790. The van der Waals surface area contributed by atoms with E-state index in [1.807, 2.05) is 24.6 Å². The van der Waals surface area contributed by atoms with Crippen LogP contribution < -0.4 is 0 Å². The number of aliphatic hydroxyl groups is 1. The molecule has 4 nitrogen and oxygen atoms in total. The number of hydrogen-bond donors (Lipinski definition) is 1. The summed E-state index contributed by atoms with van der Waals surface area (Å²) in [6, 6.07) is 0. The number of ketones is 1. The number of rotatable bonds is 7. The van der Waals surface area contributed by atoms with E-state index in [4.69, 9.17) is 0 Å². The molecular formula is C13H22N2O2. The van der Waals surface area contributed by atoms with Crippen LogP contribution in [-0.2, 0) is 17.8 Å². The summed E-state index contributed by atoms with van der Waals surface area (Å²) in [5, 5.41) is 10.1. The van der Waals surface area contributed by atoms with Gasteiger partial charge in [0.05, 0.1) is 6.42 Å². The minimum atomic E-state index is -1.19. The Morgan fingerprint density at radius 1 is 1.41 bits per heavy atom. The van der Waals surface area contributed by atoms with Gasteiger partial charge in [0.25, 0.3) is 0 Å². The molecule has 0 aromatic carbocycles. The largest absolute Gasteiger partial charge is 0.382 e. The van der Waals surface area contributed by atoms with Gasteiger partial charge in [0, 0.05) is 18.9 Å². The lowest BCUT2D eigenvalue weighted by molar-refractivity contribution is -0.137. The van der Waals surface area contributed by atoms with Crippen molar-refractivity contribution < 1.29 is 9.90 Å². The van der Waals surface area contributed by atoms with Crippen molar-refractivity contribution in [1.82, 2.24) is 9.55 Å². The third-order valence-electron chi connectivity index (χ3n) is 3.27. The van der Waals surface area contributed by atoms with E-state index in [-0.39, 0.29) is 12.2 Å². The zero-order valence-electron chi connectivity index (χ0n) is 10.9. The van der Waals surface area contributed by atoms with E-state index < -0.39 is 5.60 Å². The molecule has 0 spiro atoms. The first-order valence-corrected chi connectivity index (χ1v) is 6.33. The van der Waals surface area contributed by atoms with E-state index in [2.05, 4.69) is 11.9 Å². The van der Waals surface area contributed by atoms with Crippen LogP contribution in [0.25, 0.3) is 0 Å². The van der Waals surface area contributed by atoms with Crippen molar-refractivity contribution in [3.63, 3.8) is 0 Å². The molecule has 1 N–H and O–H groups in total. The van der Waals surface area contributed by atoms with Crippen LogP contribution in [0.2, 0.25) is 0 Å². The fraction of sp³-hybridized carbons (Fsp3) is 0.692. The number of Topliss-reactive ketones (excluding diaryl/α,β-unsaturated/α-hetero) is 1. The fourth-order valence-corrected chi connectivity index (χ4v) is 1.90. The van der Waals surface area contributed by atoms with E-state index in [0.717, 1.165) is 18.8 Å². The normalized spacial score (nSPS) is 11.8. The summed E-state index contributed by atoms with van der Waals surface area (Å²) in [6.07, 6.45) is 5.71. The number of aromatic nitrogens is 2. The molecule has 96 valence electrons. The van der Waals surface area contributed by atoms with E-state index in [1.54, 1.807) is 6.20 Å². The van der Waals surface area contributed by atoms with E-state index >= 15 is 0 Å². The average molecular weight is 238 g/mol. The van der Waals surface area contributed by atoms with Gasteiger partial charge in [-0.2, -0.15) is 0 Å². The zero-order valence-corrected chi connectivity index (χ0v) is 10.9. The monoisotopic (exact) mass is 238 g/mol. The van der Waals surface area contributed by atoms with Gasteiger partial charge in [0.15, 0.2) is 5.78 Å². The average Bonchev–Trinajstić information content (AvgIpc) is 2.76. The molecule has 0 unspecified atom stereocenters. The summed E-state index contributed by atoms with van der Waals surface area (Å²) in [5.41, 5.74) is -1.19. The molecule has 17 heavy (non-hydrogen) atoms. The van der Waals surface area contributed by atoms with Crippen LogP contribution in [0.15, 0.2) is 12.4 Å². The first kappa shape index (κ1) is 13.9. The predicted molar refractivity (Wildman–Crippen MR) is 66.8 cm³/mol. The van der Waals surface area contributed by atoms with Crippen LogP contribution in [0.3, 0.4) is 0 Å². The molecule has 0 radical (unpaired) electrons. The predicted octanol–water partition coefficient (Wildman–Crippen LogP) is 1.96. The minimum absolute atomic E-state index is 0.133. The Labute approximate surface area is 103 Å². The van der Waals surface area contributed by atoms with Crippen LogP contribution in [0.4, 0.5) is 0 Å². The van der Waals surface area contributed by atoms with Gasteiger partial charge in [-0.25, -0.2) is 4.98 Å². The van der Waals surface area contributed by atoms with Crippen molar-refractivity contribution in [3.05, 3.63) is 18.2 Å². The lowest BCUT2D eigenvalue weighted by Crippen LogP contribution is -2.38. The maximum atomic E-state index is 12.0. The van der Waals surface area contributed by atoms with Crippen LogP contribution in [0, 0.1) is 0 Å². The Hall–Kier alpha value is -1.16. The summed E-state index contributed by atoms with van der Waals surface area (Å²) in [6.45, 7) is 6.61. The molecular weight excluding hydrogens is 216 g/mol. The molecule has 0 fully saturated rings. The first-order valence-electron chi connectivity index (χ1n) is 6.33. The Balaban J connectivity index is 2.77. The van der Waals surface area contributed by atoms with E-state index in [9.17, 15) is 9.90 Å². The van der Waals surface area contributed by atoms with Crippen molar-refractivity contribution in [2.24, 2.45) is 0 Å². The van der Waals surface area contributed by atoms with Gasteiger partial charge in [-0.1, -0.05) is 20.8 Å². The summed E-state index contributed by atoms with van der Waals surface area (Å²) >= 11 is 0. The molecule has 0 atom stereocenters. The van der Waals surface area contributed by atoms with Crippen molar-refractivity contribution in [2.75, 3.05) is 0 Å². The van der Waals surface area contributed by atoms with Gasteiger partial charge in [-0.05, 0) is 19.3 Å². The van der Waals surface area contributed by atoms with E-state index in [0.29, 0.717) is 12.8 Å². The van der Waals surface area contributed by atoms with Gasteiger partial charge in [0.1, 0.15) is 11.4 Å². The highest BCUT2D eigenvalue weighted by Crippen LogP contribution is 2.18. The Kier molecular flexibility index (Phi) is 4.87. The van der Waals surface area contributed by atoms with Crippen molar-refractivity contribution >= 4 is 5.78 Å². The smallest absolute Gasteiger partial charge is 0.171 e. The van der Waals surface area contributed by atoms with Crippen LogP contribution in [0.1, 0.15) is 45.9 Å². The van der Waals surface area contributed by atoms with E-state index in [1.165, 1.54) is 0 Å². The summed E-state index contributed by atoms with van der Waals surface area (Å²) in [7, 11) is 0. The molecule has 4 heteroatoms. The molecule has 0 bridgehead atoms. The Morgan fingerprint density at radius 2 is 2.06 bits per heavy atom. The highest BCUT2D eigenvalue weighted by Gasteiger charge is 2.32. The number of nitrogens with zero attached hydrogens (tertiary/aromatic N) is 2. The highest BCUT2D eigenvalue weighted by atomic mass is 16.3. The molecule has 0 amide bonds. The van der Waals surface area contributed by atoms with Crippen LogP contribution in [-0.4, -0.2) is 26.0 Å². The first-order chi connectivity index (χ1) is 8.07. The third-order valence-corrected chi connectivity index (χ3v) is 3.27. The Morgan fingerprint density at radius 3 is 2.59 bits per heavy atom. The van der Waals surface area contributed by atoms with Gasteiger partial charge < -0.3 is 9.67 Å². The maximum Gasteiger partial charge on any atom is 0.171 e. The van der Waals surface area contributed by atoms with Crippen LogP contribution in [0.5, 0.6) is 0 Å². The van der Waals surface area contributed by atoms with Gasteiger partial charge in [-0.3, -0.25) is 4.79 Å². The topological polar surface area (TPSA) is 55.1 Å². The molecule has 0 aliphatic carbocycles.